The van der Waals surface area contributed by atoms with E-state index in [0.29, 0.717) is 6.42 Å². The first-order valence-corrected chi connectivity index (χ1v) is 6.30. The number of hydrogen-bond donors (Lipinski definition) is 1. The van der Waals surface area contributed by atoms with E-state index in [1.807, 2.05) is 30.6 Å². The second-order valence-electron chi connectivity index (χ2n) is 3.66. The highest BCUT2D eigenvalue weighted by atomic mass is 32.1. The van der Waals surface area contributed by atoms with E-state index >= 15 is 0 Å². The van der Waals surface area contributed by atoms with Gasteiger partial charge in [0.25, 0.3) is 0 Å². The van der Waals surface area contributed by atoms with Crippen molar-refractivity contribution in [1.29, 1.82) is 0 Å². The van der Waals surface area contributed by atoms with Crippen LogP contribution >= 0.6 is 11.3 Å². The van der Waals surface area contributed by atoms with Gasteiger partial charge >= 0.3 is 5.97 Å². The van der Waals surface area contributed by atoms with Gasteiger partial charge in [-0.3, -0.25) is 0 Å². The minimum absolute atomic E-state index is 0.239. The first kappa shape index (κ1) is 11.9. The molecule has 0 aliphatic carbocycles. The molecule has 17 heavy (non-hydrogen) atoms. The van der Waals surface area contributed by atoms with Gasteiger partial charge in [-0.05, 0) is 24.6 Å². The van der Waals surface area contributed by atoms with Gasteiger partial charge in [-0.25, -0.2) is 9.78 Å². The number of rotatable bonds is 4. The minimum Gasteiger partial charge on any atom is -0.467 e. The highest BCUT2D eigenvalue weighted by Crippen LogP contribution is 2.22. The van der Waals surface area contributed by atoms with Crippen LogP contribution in [0.1, 0.15) is 13.3 Å². The zero-order chi connectivity index (χ0) is 12.3. The molecule has 2 aromatic rings. The number of fused-ring (bicyclic) bond motifs is 1. The van der Waals surface area contributed by atoms with Crippen LogP contribution in [0.4, 0.5) is 5.69 Å². The van der Waals surface area contributed by atoms with Crippen molar-refractivity contribution in [3.05, 3.63) is 23.7 Å². The second-order valence-corrected chi connectivity index (χ2v) is 4.55. The van der Waals surface area contributed by atoms with Crippen molar-refractivity contribution < 1.29 is 9.53 Å². The van der Waals surface area contributed by atoms with Crippen LogP contribution in [0.3, 0.4) is 0 Å². The van der Waals surface area contributed by atoms with E-state index in [9.17, 15) is 4.79 Å². The molecule has 1 aromatic carbocycles. The summed E-state index contributed by atoms with van der Waals surface area (Å²) >= 11 is 1.58. The van der Waals surface area contributed by atoms with Gasteiger partial charge in [-0.1, -0.05) is 6.92 Å². The summed E-state index contributed by atoms with van der Waals surface area (Å²) in [6.45, 7) is 1.94. The van der Waals surface area contributed by atoms with E-state index < -0.39 is 0 Å². The average molecular weight is 250 g/mol. The molecule has 1 aromatic heterocycles. The lowest BCUT2D eigenvalue weighted by molar-refractivity contribution is -0.141. The average Bonchev–Trinajstić information content (AvgIpc) is 2.82. The molecule has 1 N–H and O–H groups in total. The molecule has 0 radical (unpaired) electrons. The lowest BCUT2D eigenvalue weighted by Gasteiger charge is -2.15. The Kier molecular flexibility index (Phi) is 3.58. The fourth-order valence-corrected chi connectivity index (χ4v) is 2.33. The van der Waals surface area contributed by atoms with Gasteiger partial charge in [0.15, 0.2) is 0 Å². The Morgan fingerprint density at radius 2 is 2.41 bits per heavy atom. The number of ether oxygens (including phenoxy) is 1. The predicted molar refractivity (Wildman–Crippen MR) is 69.3 cm³/mol. The molecule has 0 bridgehead atoms. The molecule has 1 heterocycles. The molecule has 0 fully saturated rings. The third-order valence-corrected chi connectivity index (χ3v) is 3.36. The predicted octanol–water partition coefficient (Wildman–Crippen LogP) is 2.66. The molecule has 0 aliphatic rings. The van der Waals surface area contributed by atoms with Crippen LogP contribution in [0.5, 0.6) is 0 Å². The van der Waals surface area contributed by atoms with Crippen LogP contribution < -0.4 is 5.32 Å². The van der Waals surface area contributed by atoms with Crippen molar-refractivity contribution in [3.63, 3.8) is 0 Å². The number of nitrogens with zero attached hydrogens (tertiary/aromatic N) is 1. The topological polar surface area (TPSA) is 51.2 Å². The summed E-state index contributed by atoms with van der Waals surface area (Å²) in [5.74, 6) is -0.239. The summed E-state index contributed by atoms with van der Waals surface area (Å²) in [7, 11) is 1.40. The summed E-state index contributed by atoms with van der Waals surface area (Å²) in [5, 5.41) is 3.17. The number of esters is 1. The molecule has 5 heteroatoms. The molecule has 1 atom stereocenters. The summed E-state index contributed by atoms with van der Waals surface area (Å²) in [5.41, 5.74) is 3.71. The lowest BCUT2D eigenvalue weighted by Crippen LogP contribution is -2.29. The molecule has 90 valence electrons. The van der Waals surface area contributed by atoms with Crippen molar-refractivity contribution in [1.82, 2.24) is 4.98 Å². The second kappa shape index (κ2) is 5.14. The lowest BCUT2D eigenvalue weighted by atomic mass is 10.2. The smallest absolute Gasteiger partial charge is 0.328 e. The zero-order valence-corrected chi connectivity index (χ0v) is 10.6. The number of carbonyl (C=O) groups is 1. The minimum atomic E-state index is -0.301. The van der Waals surface area contributed by atoms with Gasteiger partial charge in [0.1, 0.15) is 6.04 Å². The monoisotopic (exact) mass is 250 g/mol. The van der Waals surface area contributed by atoms with Crippen LogP contribution in [0.2, 0.25) is 0 Å². The number of hydrogen-bond acceptors (Lipinski definition) is 5. The fourth-order valence-electron chi connectivity index (χ4n) is 1.62. The highest BCUT2D eigenvalue weighted by molar-refractivity contribution is 7.16. The number of nitrogens with one attached hydrogen (secondary N) is 1. The van der Waals surface area contributed by atoms with E-state index in [0.717, 1.165) is 15.9 Å². The van der Waals surface area contributed by atoms with Crippen LogP contribution in [-0.4, -0.2) is 24.1 Å². The van der Waals surface area contributed by atoms with Crippen LogP contribution in [0.15, 0.2) is 23.7 Å². The number of carbonyl (C=O) groups excluding carboxylic acids is 1. The standard InChI is InChI=1S/C12H14N2O2S/c1-3-9(12(15)16-2)14-8-4-5-10-11(6-8)17-7-13-10/h4-7,9,14H,3H2,1-2H3. The van der Waals surface area contributed by atoms with E-state index in [-0.39, 0.29) is 12.0 Å². The third kappa shape index (κ3) is 2.55. The first-order chi connectivity index (χ1) is 8.24. The summed E-state index contributed by atoms with van der Waals surface area (Å²) < 4.78 is 5.84. The molecule has 0 saturated carbocycles. The molecule has 0 aliphatic heterocycles. The Morgan fingerprint density at radius 1 is 1.59 bits per heavy atom. The fraction of sp³-hybridized carbons (Fsp3) is 0.333. The molecule has 0 amide bonds. The quantitative estimate of drug-likeness (QED) is 0.848. The van der Waals surface area contributed by atoms with E-state index in [1.165, 1.54) is 7.11 Å². The zero-order valence-electron chi connectivity index (χ0n) is 9.77. The molecule has 0 spiro atoms. The number of aromatic nitrogens is 1. The molecular weight excluding hydrogens is 236 g/mol. The Morgan fingerprint density at radius 3 is 3.12 bits per heavy atom. The van der Waals surface area contributed by atoms with E-state index in [1.54, 1.807) is 11.3 Å². The van der Waals surface area contributed by atoms with Crippen LogP contribution in [-0.2, 0) is 9.53 Å². The molecular formula is C12H14N2O2S. The van der Waals surface area contributed by atoms with Crippen molar-refractivity contribution in [3.8, 4) is 0 Å². The molecule has 2 rings (SSSR count). The van der Waals surface area contributed by atoms with Gasteiger partial charge in [0.2, 0.25) is 0 Å². The normalized spacial score (nSPS) is 12.4. The van der Waals surface area contributed by atoms with Gasteiger partial charge in [0, 0.05) is 5.69 Å². The summed E-state index contributed by atoms with van der Waals surface area (Å²) in [6, 6.07) is 5.56. The Balaban J connectivity index is 2.18. The summed E-state index contributed by atoms with van der Waals surface area (Å²) in [6.07, 6.45) is 0.688. The van der Waals surface area contributed by atoms with E-state index in [2.05, 4.69) is 10.3 Å². The molecule has 0 saturated heterocycles. The first-order valence-electron chi connectivity index (χ1n) is 5.42. The maximum atomic E-state index is 11.5. The molecule has 1 unspecified atom stereocenters. The third-order valence-electron chi connectivity index (χ3n) is 2.57. The Hall–Kier alpha value is -1.62. The van der Waals surface area contributed by atoms with Crippen molar-refractivity contribution in [2.45, 2.75) is 19.4 Å². The van der Waals surface area contributed by atoms with Crippen molar-refractivity contribution in [2.75, 3.05) is 12.4 Å². The number of thiazole rings is 1. The van der Waals surface area contributed by atoms with E-state index in [4.69, 9.17) is 4.74 Å². The van der Waals surface area contributed by atoms with Gasteiger partial charge < -0.3 is 10.1 Å². The van der Waals surface area contributed by atoms with Gasteiger partial charge in [0.05, 0.1) is 22.8 Å². The Bertz CT molecular complexity index is 524. The van der Waals surface area contributed by atoms with Crippen LogP contribution in [0, 0.1) is 0 Å². The summed E-state index contributed by atoms with van der Waals surface area (Å²) in [4.78, 5) is 15.7. The van der Waals surface area contributed by atoms with Gasteiger partial charge in [-0.2, -0.15) is 0 Å². The number of methoxy groups -OCH3 is 1. The number of anilines is 1. The maximum absolute atomic E-state index is 11.5. The maximum Gasteiger partial charge on any atom is 0.328 e. The number of benzene rings is 1. The van der Waals surface area contributed by atoms with Crippen molar-refractivity contribution >= 4 is 33.2 Å². The van der Waals surface area contributed by atoms with Crippen LogP contribution in [0.25, 0.3) is 10.2 Å². The van der Waals surface area contributed by atoms with Gasteiger partial charge in [-0.15, -0.1) is 11.3 Å². The molecule has 4 nitrogen and oxygen atoms in total. The van der Waals surface area contributed by atoms with Crippen molar-refractivity contribution in [2.24, 2.45) is 0 Å². The largest absolute Gasteiger partial charge is 0.467 e. The Labute approximate surface area is 104 Å². The highest BCUT2D eigenvalue weighted by Gasteiger charge is 2.16. The SMILES string of the molecule is CCC(Nc1ccc2ncsc2c1)C(=O)OC.